The Morgan fingerprint density at radius 3 is 2.56 bits per heavy atom. The van der Waals surface area contributed by atoms with E-state index in [1.54, 1.807) is 37.4 Å². The van der Waals surface area contributed by atoms with Gasteiger partial charge in [0, 0.05) is 12.8 Å². The standard InChI is InChI=1S/C22H18F3N5O2S2/c1-28-18-11-29-30(16-5-7-17(32-2)8-6-16)20(31)19(18)34-21(27)33-12-13-3-4-15(22(23,24)25)9-14(13)10-26/h3-9,11,27-28H,12H2,1-2H3. The van der Waals surface area contributed by atoms with Crippen LogP contribution in [-0.4, -0.2) is 28.3 Å². The molecule has 12 heteroatoms. The number of halogens is 3. The Morgan fingerprint density at radius 1 is 1.26 bits per heavy atom. The van der Waals surface area contributed by atoms with Crippen LogP contribution < -0.4 is 15.6 Å². The van der Waals surface area contributed by atoms with Crippen LogP contribution in [0.3, 0.4) is 0 Å². The fourth-order valence-electron chi connectivity index (χ4n) is 2.87. The molecule has 34 heavy (non-hydrogen) atoms. The summed E-state index contributed by atoms with van der Waals surface area (Å²) in [5.74, 6) is 0.718. The molecular weight excluding hydrogens is 487 g/mol. The second-order valence-electron chi connectivity index (χ2n) is 6.71. The smallest absolute Gasteiger partial charge is 0.416 e. The summed E-state index contributed by atoms with van der Waals surface area (Å²) in [4.78, 5) is 13.3. The number of hydrogen-bond donors (Lipinski definition) is 2. The van der Waals surface area contributed by atoms with Gasteiger partial charge in [0.25, 0.3) is 5.56 Å². The van der Waals surface area contributed by atoms with Crippen LogP contribution in [0.15, 0.2) is 58.4 Å². The van der Waals surface area contributed by atoms with Crippen molar-refractivity contribution in [2.75, 3.05) is 19.5 Å². The summed E-state index contributed by atoms with van der Waals surface area (Å²) in [7, 11) is 3.15. The van der Waals surface area contributed by atoms with Gasteiger partial charge in [-0.1, -0.05) is 29.6 Å². The Balaban J connectivity index is 1.80. The van der Waals surface area contributed by atoms with E-state index in [4.69, 9.17) is 10.1 Å². The maximum atomic E-state index is 13.1. The van der Waals surface area contributed by atoms with Gasteiger partial charge >= 0.3 is 6.18 Å². The van der Waals surface area contributed by atoms with Gasteiger partial charge in [-0.05, 0) is 42.0 Å². The molecule has 0 aliphatic carbocycles. The van der Waals surface area contributed by atoms with E-state index < -0.39 is 17.3 Å². The van der Waals surface area contributed by atoms with Gasteiger partial charge in [0.1, 0.15) is 15.0 Å². The third-order valence-electron chi connectivity index (χ3n) is 4.63. The van der Waals surface area contributed by atoms with Crippen molar-refractivity contribution in [2.24, 2.45) is 0 Å². The van der Waals surface area contributed by atoms with Gasteiger partial charge in [0.2, 0.25) is 0 Å². The topological polar surface area (TPSA) is 104 Å². The van der Waals surface area contributed by atoms with Gasteiger partial charge in [-0.25, -0.2) is 0 Å². The molecule has 2 aromatic carbocycles. The minimum atomic E-state index is -4.55. The largest absolute Gasteiger partial charge is 0.497 e. The molecule has 7 nitrogen and oxygen atoms in total. The van der Waals surface area contributed by atoms with Crippen molar-refractivity contribution >= 4 is 33.6 Å². The number of nitrogens with zero attached hydrogens (tertiary/aromatic N) is 3. The van der Waals surface area contributed by atoms with E-state index in [9.17, 15) is 23.2 Å². The summed E-state index contributed by atoms with van der Waals surface area (Å²) in [5.41, 5.74) is -0.154. The highest BCUT2D eigenvalue weighted by Gasteiger charge is 2.31. The number of alkyl halides is 3. The van der Waals surface area contributed by atoms with Gasteiger partial charge in [0.15, 0.2) is 0 Å². The fourth-order valence-corrected chi connectivity index (χ4v) is 4.69. The first-order chi connectivity index (χ1) is 16.2. The molecule has 0 fully saturated rings. The zero-order chi connectivity index (χ0) is 24.9. The van der Waals surface area contributed by atoms with Crippen LogP contribution >= 0.6 is 23.5 Å². The molecule has 0 saturated carbocycles. The van der Waals surface area contributed by atoms with E-state index in [1.165, 1.54) is 24.1 Å². The average molecular weight is 506 g/mol. The second-order valence-corrected chi connectivity index (χ2v) is 8.98. The summed E-state index contributed by atoms with van der Waals surface area (Å²) in [5, 5.41) is 24.6. The molecule has 0 unspecified atom stereocenters. The van der Waals surface area contributed by atoms with Gasteiger partial charge in [-0.2, -0.15) is 28.2 Å². The lowest BCUT2D eigenvalue weighted by atomic mass is 10.1. The van der Waals surface area contributed by atoms with Crippen molar-refractivity contribution in [1.29, 1.82) is 10.7 Å². The van der Waals surface area contributed by atoms with Crippen LogP contribution in [0.1, 0.15) is 16.7 Å². The van der Waals surface area contributed by atoms with Gasteiger partial charge in [-0.3, -0.25) is 10.2 Å². The van der Waals surface area contributed by atoms with Crippen molar-refractivity contribution in [3.63, 3.8) is 0 Å². The maximum absolute atomic E-state index is 13.1. The number of benzene rings is 2. The molecule has 1 heterocycles. The van der Waals surface area contributed by atoms with Crippen molar-refractivity contribution in [3.8, 4) is 17.5 Å². The number of nitrogens with one attached hydrogen (secondary N) is 2. The second kappa shape index (κ2) is 10.7. The lowest BCUT2D eigenvalue weighted by Gasteiger charge is -2.12. The summed E-state index contributed by atoms with van der Waals surface area (Å²) in [6.45, 7) is 0. The van der Waals surface area contributed by atoms with Crippen molar-refractivity contribution in [3.05, 3.63) is 75.7 Å². The number of hydrogen-bond acceptors (Lipinski definition) is 8. The number of rotatable bonds is 6. The molecule has 0 aliphatic rings. The Bertz CT molecular complexity index is 1300. The molecule has 1 aromatic heterocycles. The van der Waals surface area contributed by atoms with E-state index in [1.807, 2.05) is 0 Å². The molecule has 0 bridgehead atoms. The van der Waals surface area contributed by atoms with Crippen molar-refractivity contribution in [1.82, 2.24) is 9.78 Å². The predicted molar refractivity (Wildman–Crippen MR) is 127 cm³/mol. The SMILES string of the molecule is CNc1cnn(-c2ccc(OC)cc2)c(=O)c1SC(=N)SCc1ccc(C(F)(F)F)cc1C#N. The number of methoxy groups -OCH3 is 1. The molecule has 0 amide bonds. The Hall–Kier alpha value is -3.43. The minimum Gasteiger partial charge on any atom is -0.497 e. The van der Waals surface area contributed by atoms with Crippen LogP contribution in [0.25, 0.3) is 5.69 Å². The maximum Gasteiger partial charge on any atom is 0.416 e. The Morgan fingerprint density at radius 2 is 1.97 bits per heavy atom. The third kappa shape index (κ3) is 5.73. The van der Waals surface area contributed by atoms with Crippen LogP contribution in [0.2, 0.25) is 0 Å². The van der Waals surface area contributed by atoms with Crippen LogP contribution in [0.4, 0.5) is 18.9 Å². The predicted octanol–water partition coefficient (Wildman–Crippen LogP) is 5.13. The van der Waals surface area contributed by atoms with Crippen LogP contribution in [0.5, 0.6) is 5.75 Å². The van der Waals surface area contributed by atoms with E-state index in [2.05, 4.69) is 10.4 Å². The first kappa shape index (κ1) is 25.2. The van der Waals surface area contributed by atoms with Gasteiger partial charge in [0.05, 0.1) is 41.9 Å². The number of thioether (sulfide) groups is 2. The van der Waals surface area contributed by atoms with Gasteiger partial charge < -0.3 is 10.1 Å². The first-order valence-electron chi connectivity index (χ1n) is 9.62. The first-order valence-corrected chi connectivity index (χ1v) is 11.4. The molecule has 3 aromatic rings. The Kier molecular flexibility index (Phi) is 7.90. The van der Waals surface area contributed by atoms with E-state index in [-0.39, 0.29) is 20.6 Å². The van der Waals surface area contributed by atoms with Crippen molar-refractivity contribution < 1.29 is 17.9 Å². The number of nitriles is 1. The highest BCUT2D eigenvalue weighted by atomic mass is 32.2. The highest BCUT2D eigenvalue weighted by Crippen LogP contribution is 2.33. The molecule has 176 valence electrons. The monoisotopic (exact) mass is 505 g/mol. The summed E-state index contributed by atoms with van der Waals surface area (Å²) >= 11 is 1.90. The highest BCUT2D eigenvalue weighted by molar-refractivity contribution is 8.38. The fraction of sp³-hybridized carbons (Fsp3) is 0.182. The lowest BCUT2D eigenvalue weighted by Crippen LogP contribution is -2.24. The third-order valence-corrected chi connectivity index (χ3v) is 6.74. The number of aromatic nitrogens is 2. The quantitative estimate of drug-likeness (QED) is 0.272. The average Bonchev–Trinajstić information content (AvgIpc) is 2.83. The molecule has 0 aliphatic heterocycles. The number of ether oxygens (including phenoxy) is 1. The summed E-state index contributed by atoms with van der Waals surface area (Å²) in [6, 6.07) is 11.4. The number of anilines is 1. The Labute approximate surface area is 201 Å². The normalized spacial score (nSPS) is 11.1. The molecule has 3 rings (SSSR count). The van der Waals surface area contributed by atoms with E-state index in [0.29, 0.717) is 22.7 Å². The van der Waals surface area contributed by atoms with Crippen molar-refractivity contribution in [2.45, 2.75) is 16.8 Å². The van der Waals surface area contributed by atoms with Crippen LogP contribution in [0, 0.1) is 16.7 Å². The van der Waals surface area contributed by atoms with E-state index in [0.717, 1.165) is 35.7 Å². The summed E-state index contributed by atoms with van der Waals surface area (Å²) in [6.07, 6.45) is -3.08. The zero-order valence-corrected chi connectivity index (χ0v) is 19.6. The van der Waals surface area contributed by atoms with Gasteiger partial charge in [-0.15, -0.1) is 0 Å². The molecule has 0 radical (unpaired) electrons. The molecule has 0 saturated heterocycles. The molecule has 0 atom stereocenters. The lowest BCUT2D eigenvalue weighted by molar-refractivity contribution is -0.137. The van der Waals surface area contributed by atoms with E-state index >= 15 is 0 Å². The zero-order valence-electron chi connectivity index (χ0n) is 17.9. The minimum absolute atomic E-state index is 0.0323. The van der Waals surface area contributed by atoms with Crippen LogP contribution in [-0.2, 0) is 11.9 Å². The summed E-state index contributed by atoms with van der Waals surface area (Å²) < 4.78 is 45.0. The molecule has 0 spiro atoms. The molecule has 2 N–H and O–H groups in total. The molecular formula is C22H18F3N5O2S2.